The van der Waals surface area contributed by atoms with E-state index in [9.17, 15) is 14.4 Å². The van der Waals surface area contributed by atoms with Crippen molar-refractivity contribution in [2.45, 2.75) is 44.2 Å². The first-order valence-electron chi connectivity index (χ1n) is 20.0. The van der Waals surface area contributed by atoms with Crippen molar-refractivity contribution in [2.75, 3.05) is 17.3 Å². The fraction of sp³-hybridized carbons (Fsp3) is 0.188. The summed E-state index contributed by atoms with van der Waals surface area (Å²) < 4.78 is 16.7. The summed E-state index contributed by atoms with van der Waals surface area (Å²) in [6.45, 7) is 2.31. The number of hydrogen-bond acceptors (Lipinski definition) is 7. The highest BCUT2D eigenvalue weighted by Crippen LogP contribution is 2.42. The number of carbonyl (C=O) groups is 1. The second kappa shape index (κ2) is 16.0. The van der Waals surface area contributed by atoms with Crippen molar-refractivity contribution in [2.24, 2.45) is 5.92 Å². The van der Waals surface area contributed by atoms with Gasteiger partial charge in [-0.1, -0.05) is 133 Å². The second-order valence-electron chi connectivity index (χ2n) is 15.3. The molecule has 1 amide bonds. The van der Waals surface area contributed by atoms with Gasteiger partial charge in [-0.3, -0.25) is 19.1 Å². The number of anilines is 2. The largest absolute Gasteiger partial charge is 0.344 e. The van der Waals surface area contributed by atoms with Gasteiger partial charge in [0.05, 0.1) is 5.69 Å². The number of imidazole rings is 1. The molecule has 0 saturated heterocycles. The van der Waals surface area contributed by atoms with Crippen LogP contribution < -0.4 is 21.5 Å². The first-order valence-corrected chi connectivity index (χ1v) is 20.8. The number of aromatic nitrogens is 5. The number of aryl methyl sites for hydroxylation is 1. The predicted octanol–water partition coefficient (Wildman–Crippen LogP) is 8.78. The van der Waals surface area contributed by atoms with E-state index in [-0.39, 0.29) is 29.3 Å². The molecule has 3 N–H and O–H groups in total. The smallest absolute Gasteiger partial charge is 0.330 e. The lowest BCUT2D eigenvalue weighted by Crippen LogP contribution is -2.38. The Morgan fingerprint density at radius 3 is 2.00 bits per heavy atom. The van der Waals surface area contributed by atoms with Crippen LogP contribution in [0.3, 0.4) is 0 Å². The van der Waals surface area contributed by atoms with Crippen molar-refractivity contribution < 1.29 is 9.18 Å². The van der Waals surface area contributed by atoms with Crippen LogP contribution in [0.15, 0.2) is 149 Å². The molecule has 5 aromatic carbocycles. The van der Waals surface area contributed by atoms with Gasteiger partial charge in [-0.2, -0.15) is 0 Å². The Morgan fingerprint density at radius 2 is 1.42 bits per heavy atom. The molecular formula is C48H42FN7O3S. The molecule has 12 heteroatoms. The summed E-state index contributed by atoms with van der Waals surface area (Å²) in [7, 11) is 1.73. The molecule has 3 heterocycles. The number of H-pyrrole nitrogens is 2. The molecule has 1 fully saturated rings. The van der Waals surface area contributed by atoms with E-state index in [4.69, 9.17) is 9.97 Å². The minimum Gasteiger partial charge on any atom is -0.344 e. The molecule has 0 radical (unpaired) electrons. The number of nitrogens with zero attached hydrogens (tertiary/aromatic N) is 4. The first kappa shape index (κ1) is 38.6. The third-order valence-electron chi connectivity index (χ3n) is 11.4. The lowest BCUT2D eigenvalue weighted by atomic mass is 9.77. The van der Waals surface area contributed by atoms with Gasteiger partial charge in [-0.15, -0.1) is 0 Å². The minimum atomic E-state index is -0.808. The molecule has 1 unspecified atom stereocenters. The SMILES string of the molecule is Cc1nc(NC(c2ccccc2)(c2ccccc2)c2ccccc2)sc1C(=O)N(C)c1ccc(C(Cc2ccccc2F)c2nc3c([nH]2)c(=O)[nH]c(=O)n3CC2CC2)cc1. The Labute approximate surface area is 349 Å². The Morgan fingerprint density at radius 1 is 0.833 bits per heavy atom. The van der Waals surface area contributed by atoms with Crippen LogP contribution in [0.25, 0.3) is 11.2 Å². The molecule has 1 atom stereocenters. The van der Waals surface area contributed by atoms with Crippen molar-refractivity contribution in [3.8, 4) is 0 Å². The van der Waals surface area contributed by atoms with Gasteiger partial charge in [-0.05, 0) is 78.1 Å². The molecule has 0 bridgehead atoms. The van der Waals surface area contributed by atoms with Crippen LogP contribution in [-0.4, -0.2) is 37.5 Å². The Balaban J connectivity index is 1.03. The van der Waals surface area contributed by atoms with Gasteiger partial charge >= 0.3 is 5.69 Å². The van der Waals surface area contributed by atoms with Gasteiger partial charge < -0.3 is 15.2 Å². The van der Waals surface area contributed by atoms with Gasteiger partial charge in [0, 0.05) is 25.2 Å². The predicted molar refractivity (Wildman–Crippen MR) is 235 cm³/mol. The van der Waals surface area contributed by atoms with Crippen LogP contribution in [0.2, 0.25) is 0 Å². The van der Waals surface area contributed by atoms with Crippen molar-refractivity contribution in [1.82, 2.24) is 24.5 Å². The summed E-state index contributed by atoms with van der Waals surface area (Å²) in [6, 6.07) is 44.7. The average molecular weight is 816 g/mol. The quantitative estimate of drug-likeness (QED) is 0.0999. The normalized spacial score (nSPS) is 13.3. The number of hydrogen-bond donors (Lipinski definition) is 3. The van der Waals surface area contributed by atoms with E-state index in [0.29, 0.717) is 45.2 Å². The van der Waals surface area contributed by atoms with Crippen LogP contribution in [0.1, 0.15) is 67.8 Å². The Bertz CT molecular complexity index is 2830. The summed E-state index contributed by atoms with van der Waals surface area (Å²) in [4.78, 5) is 57.6. The van der Waals surface area contributed by atoms with Crippen molar-refractivity contribution in [3.63, 3.8) is 0 Å². The molecule has 0 spiro atoms. The van der Waals surface area contributed by atoms with Crippen molar-refractivity contribution in [1.29, 1.82) is 0 Å². The van der Waals surface area contributed by atoms with Gasteiger partial charge in [0.1, 0.15) is 27.6 Å². The highest BCUT2D eigenvalue weighted by Gasteiger charge is 2.38. The molecule has 10 nitrogen and oxygen atoms in total. The number of carbonyl (C=O) groups excluding carboxylic acids is 1. The van der Waals surface area contributed by atoms with E-state index in [1.54, 1.807) is 30.1 Å². The molecule has 8 aromatic rings. The van der Waals surface area contributed by atoms with E-state index < -0.39 is 22.7 Å². The van der Waals surface area contributed by atoms with Gasteiger partial charge in [-0.25, -0.2) is 19.2 Å². The van der Waals surface area contributed by atoms with E-state index >= 15 is 4.39 Å². The van der Waals surface area contributed by atoms with E-state index in [2.05, 4.69) is 51.7 Å². The number of nitrogens with one attached hydrogen (secondary N) is 3. The molecule has 300 valence electrons. The summed E-state index contributed by atoms with van der Waals surface area (Å²) in [5, 5.41) is 4.38. The van der Waals surface area contributed by atoms with Gasteiger partial charge in [0.15, 0.2) is 10.8 Å². The van der Waals surface area contributed by atoms with Crippen LogP contribution in [0.5, 0.6) is 0 Å². The Hall–Kier alpha value is -6.92. The molecule has 1 saturated carbocycles. The van der Waals surface area contributed by atoms with Gasteiger partial charge in [0.2, 0.25) is 0 Å². The fourth-order valence-corrected chi connectivity index (χ4v) is 9.00. The molecule has 9 rings (SSSR count). The molecule has 0 aliphatic heterocycles. The topological polar surface area (TPSA) is 129 Å². The monoisotopic (exact) mass is 815 g/mol. The lowest BCUT2D eigenvalue weighted by molar-refractivity contribution is 0.0996. The van der Waals surface area contributed by atoms with Crippen LogP contribution >= 0.6 is 11.3 Å². The van der Waals surface area contributed by atoms with Gasteiger partial charge in [0.25, 0.3) is 11.5 Å². The maximum atomic E-state index is 15.1. The number of benzene rings is 5. The highest BCUT2D eigenvalue weighted by atomic mass is 32.1. The van der Waals surface area contributed by atoms with Crippen LogP contribution in [0.4, 0.5) is 15.2 Å². The number of halogens is 1. The zero-order valence-electron chi connectivity index (χ0n) is 33.1. The fourth-order valence-electron chi connectivity index (χ4n) is 8.00. The average Bonchev–Trinajstić information content (AvgIpc) is 3.87. The zero-order chi connectivity index (χ0) is 41.4. The van der Waals surface area contributed by atoms with Crippen LogP contribution in [0, 0.1) is 18.7 Å². The Kier molecular flexibility index (Phi) is 10.3. The number of fused-ring (bicyclic) bond motifs is 1. The maximum absolute atomic E-state index is 15.1. The lowest BCUT2D eigenvalue weighted by Gasteiger charge is -2.36. The molecule has 1 aliphatic rings. The third kappa shape index (κ3) is 7.34. The summed E-state index contributed by atoms with van der Waals surface area (Å²) >= 11 is 1.31. The number of aromatic amines is 2. The third-order valence-corrected chi connectivity index (χ3v) is 12.5. The minimum absolute atomic E-state index is 0.202. The number of rotatable bonds is 13. The van der Waals surface area contributed by atoms with Crippen molar-refractivity contribution in [3.05, 3.63) is 210 Å². The van der Waals surface area contributed by atoms with E-state index in [1.165, 1.54) is 22.0 Å². The number of thiazole rings is 1. The number of amides is 1. The molecule has 3 aromatic heterocycles. The molecule has 1 aliphatic carbocycles. The molecule has 60 heavy (non-hydrogen) atoms. The van der Waals surface area contributed by atoms with Crippen molar-refractivity contribution >= 4 is 39.2 Å². The highest BCUT2D eigenvalue weighted by molar-refractivity contribution is 7.17. The first-order chi connectivity index (χ1) is 29.2. The summed E-state index contributed by atoms with van der Waals surface area (Å²) in [6.07, 6.45) is 2.26. The van der Waals surface area contributed by atoms with Crippen LogP contribution in [-0.2, 0) is 18.5 Å². The zero-order valence-corrected chi connectivity index (χ0v) is 33.9. The summed E-state index contributed by atoms with van der Waals surface area (Å²) in [5.41, 5.74) is 4.20. The van der Waals surface area contributed by atoms with E-state index in [1.807, 2.05) is 85.8 Å². The standard InChI is InChI=1S/C48H42FN7O3S/c1-30-41(60-46(50-30)54-48(34-15-6-3-7-16-34,35-17-8-4-9-18-35)36-19-10-5-11-20-36)45(58)55(2)37-26-24-32(25-27-37)38(28-33-14-12-13-21-39(33)49)42-51-40-43(52-42)56(29-31-22-23-31)47(59)53-44(40)57/h3-21,24-27,31,38H,22-23,28-29H2,1-2H3,(H,50,54)(H,51,52)(H,53,57,59). The second-order valence-corrected chi connectivity index (χ2v) is 16.3. The molecular weight excluding hydrogens is 774 g/mol. The van der Waals surface area contributed by atoms with E-state index in [0.717, 1.165) is 35.1 Å². The summed E-state index contributed by atoms with van der Waals surface area (Å²) in [5.74, 6) is -0.287. The maximum Gasteiger partial charge on any atom is 0.330 e.